The molecule has 0 atom stereocenters. The van der Waals surface area contributed by atoms with E-state index in [9.17, 15) is 0 Å². The van der Waals surface area contributed by atoms with Gasteiger partial charge in [0.05, 0.1) is 27.8 Å². The van der Waals surface area contributed by atoms with Gasteiger partial charge in [0, 0.05) is 43.6 Å². The molecule has 0 saturated carbocycles. The number of nitrogens with zero attached hydrogens (tertiary/aromatic N) is 2. The lowest BCUT2D eigenvalue weighted by atomic mass is 9.97. The highest BCUT2D eigenvalue weighted by atomic mass is 28.3. The van der Waals surface area contributed by atoms with Crippen LogP contribution in [0.1, 0.15) is 0 Å². The predicted octanol–water partition coefficient (Wildman–Crippen LogP) is 12.8. The summed E-state index contributed by atoms with van der Waals surface area (Å²) < 4.78 is 11.5. The van der Waals surface area contributed by atoms with Crippen LogP contribution in [-0.4, -0.2) is 17.2 Å². The van der Waals surface area contributed by atoms with Crippen molar-refractivity contribution < 1.29 is 4.42 Å². The lowest BCUT2D eigenvalue weighted by Gasteiger charge is -2.34. The van der Waals surface area contributed by atoms with Crippen LogP contribution in [0.2, 0.25) is 0 Å². The van der Waals surface area contributed by atoms with Crippen LogP contribution in [0.5, 0.6) is 0 Å². The zero-order chi connectivity index (χ0) is 42.2. The van der Waals surface area contributed by atoms with E-state index in [0.29, 0.717) is 0 Å². The summed E-state index contributed by atoms with van der Waals surface area (Å²) in [5.74, 6) is 0. The van der Waals surface area contributed by atoms with Gasteiger partial charge in [-0.3, -0.25) is 0 Å². The Labute approximate surface area is 371 Å². The summed E-state index contributed by atoms with van der Waals surface area (Å²) >= 11 is 0. The number of para-hydroxylation sites is 5. The van der Waals surface area contributed by atoms with Crippen molar-refractivity contribution >= 4 is 94.4 Å². The van der Waals surface area contributed by atoms with Gasteiger partial charge in [-0.25, -0.2) is 0 Å². The molecule has 0 aliphatic heterocycles. The van der Waals surface area contributed by atoms with Crippen molar-refractivity contribution in [3.8, 4) is 22.5 Å². The molecule has 0 N–H and O–H groups in total. The minimum absolute atomic E-state index is 0.892. The highest BCUT2D eigenvalue weighted by molar-refractivity contribution is 7.19. The second-order valence-electron chi connectivity index (χ2n) is 16.8. The normalized spacial score (nSPS) is 12.1. The molecule has 3 aromatic heterocycles. The first-order valence-corrected chi connectivity index (χ1v) is 24.0. The number of furan rings is 1. The molecule has 3 nitrogen and oxygen atoms in total. The number of benzene rings is 10. The van der Waals surface area contributed by atoms with E-state index >= 15 is 0 Å². The average Bonchev–Trinajstić information content (AvgIpc) is 4.04. The van der Waals surface area contributed by atoms with Crippen LogP contribution in [0.15, 0.2) is 247 Å². The Balaban J connectivity index is 1.10. The molecule has 0 unspecified atom stereocenters. The molecule has 13 rings (SSSR count). The van der Waals surface area contributed by atoms with Gasteiger partial charge in [0.25, 0.3) is 0 Å². The highest BCUT2D eigenvalue weighted by Gasteiger charge is 2.41. The third-order valence-corrected chi connectivity index (χ3v) is 18.3. The molecule has 64 heavy (non-hydrogen) atoms. The Morgan fingerprint density at radius 2 is 0.750 bits per heavy atom. The summed E-state index contributed by atoms with van der Waals surface area (Å²) in [6.45, 7) is 0. The fraction of sp³-hybridized carbons (Fsp3) is 0. The number of aromatic nitrogens is 2. The van der Waals surface area contributed by atoms with Gasteiger partial charge in [0.15, 0.2) is 8.07 Å². The SMILES string of the molecule is c1ccc([Si](c2ccccc2)(c2ccccc2)c2ccc(-n3c4ccccc4c4cccc(-n5c6ccccc6c6cccc(-c7cccc8oc9ccccc9c78)c65)c43)cc2)cc1. The first-order chi connectivity index (χ1) is 31.8. The largest absolute Gasteiger partial charge is 0.456 e. The maximum atomic E-state index is 6.45. The molecule has 10 aromatic carbocycles. The summed E-state index contributed by atoms with van der Waals surface area (Å²) in [7, 11) is -2.72. The maximum absolute atomic E-state index is 6.45. The summed E-state index contributed by atoms with van der Waals surface area (Å²) in [6.07, 6.45) is 0. The Morgan fingerprint density at radius 1 is 0.297 bits per heavy atom. The second-order valence-corrected chi connectivity index (χ2v) is 20.6. The van der Waals surface area contributed by atoms with Crippen molar-refractivity contribution in [2.45, 2.75) is 0 Å². The third-order valence-electron chi connectivity index (χ3n) is 13.5. The van der Waals surface area contributed by atoms with Crippen molar-refractivity contribution in [2.75, 3.05) is 0 Å². The summed E-state index contributed by atoms with van der Waals surface area (Å²) in [6, 6.07) is 89.2. The fourth-order valence-electron chi connectivity index (χ4n) is 10.9. The molecule has 4 heteroatoms. The zero-order valence-corrected chi connectivity index (χ0v) is 35.9. The molecule has 3 heterocycles. The lowest BCUT2D eigenvalue weighted by molar-refractivity contribution is 0.669. The molecule has 0 bridgehead atoms. The summed E-state index contributed by atoms with van der Waals surface area (Å²) in [4.78, 5) is 0. The van der Waals surface area contributed by atoms with Crippen LogP contribution < -0.4 is 20.7 Å². The molecular formula is C60H40N2OSi. The van der Waals surface area contributed by atoms with Crippen molar-refractivity contribution in [3.63, 3.8) is 0 Å². The molecular weight excluding hydrogens is 793 g/mol. The van der Waals surface area contributed by atoms with Gasteiger partial charge >= 0.3 is 0 Å². The van der Waals surface area contributed by atoms with Gasteiger partial charge < -0.3 is 13.6 Å². The quantitative estimate of drug-likeness (QED) is 0.116. The topological polar surface area (TPSA) is 23.0 Å². The van der Waals surface area contributed by atoms with Crippen molar-refractivity contribution in [1.29, 1.82) is 0 Å². The third kappa shape index (κ3) is 5.27. The number of hydrogen-bond donors (Lipinski definition) is 0. The van der Waals surface area contributed by atoms with E-state index < -0.39 is 8.07 Å². The fourth-order valence-corrected chi connectivity index (χ4v) is 15.6. The maximum Gasteiger partial charge on any atom is 0.179 e. The molecule has 300 valence electrons. The zero-order valence-electron chi connectivity index (χ0n) is 34.9. The van der Waals surface area contributed by atoms with E-state index in [1.807, 2.05) is 6.07 Å². The van der Waals surface area contributed by atoms with Gasteiger partial charge in [-0.05, 0) is 68.8 Å². The second kappa shape index (κ2) is 14.5. The predicted molar refractivity (Wildman–Crippen MR) is 271 cm³/mol. The Morgan fingerprint density at radius 3 is 1.39 bits per heavy atom. The van der Waals surface area contributed by atoms with Gasteiger partial charge in [-0.15, -0.1) is 0 Å². The number of rotatable bonds is 7. The van der Waals surface area contributed by atoms with E-state index in [1.165, 1.54) is 64.4 Å². The van der Waals surface area contributed by atoms with Crippen LogP contribution in [-0.2, 0) is 0 Å². The Kier molecular flexibility index (Phi) is 8.23. The van der Waals surface area contributed by atoms with Crippen LogP contribution in [0.4, 0.5) is 0 Å². The van der Waals surface area contributed by atoms with Gasteiger partial charge in [-0.2, -0.15) is 0 Å². The molecule has 0 spiro atoms. The summed E-state index contributed by atoms with van der Waals surface area (Å²) in [5, 5.41) is 12.6. The summed E-state index contributed by atoms with van der Waals surface area (Å²) in [5.41, 5.74) is 11.0. The van der Waals surface area contributed by atoms with Crippen molar-refractivity contribution in [1.82, 2.24) is 9.13 Å². The first-order valence-electron chi connectivity index (χ1n) is 22.0. The number of fused-ring (bicyclic) bond motifs is 9. The van der Waals surface area contributed by atoms with Gasteiger partial charge in [0.2, 0.25) is 0 Å². The minimum atomic E-state index is -2.72. The van der Waals surface area contributed by atoms with Gasteiger partial charge in [0.1, 0.15) is 11.2 Å². The van der Waals surface area contributed by atoms with Crippen molar-refractivity contribution in [2.24, 2.45) is 0 Å². The molecule has 0 amide bonds. The van der Waals surface area contributed by atoms with Crippen LogP contribution >= 0.6 is 0 Å². The lowest BCUT2D eigenvalue weighted by Crippen LogP contribution is -2.74. The van der Waals surface area contributed by atoms with Crippen LogP contribution in [0.3, 0.4) is 0 Å². The molecule has 0 radical (unpaired) electrons. The molecule has 13 aromatic rings. The van der Waals surface area contributed by atoms with E-state index in [0.717, 1.165) is 44.4 Å². The Bertz CT molecular complexity index is 3790. The highest BCUT2D eigenvalue weighted by Crippen LogP contribution is 2.44. The van der Waals surface area contributed by atoms with Crippen molar-refractivity contribution in [3.05, 3.63) is 243 Å². The molecule has 0 fully saturated rings. The molecule has 0 saturated heterocycles. The molecule has 0 aliphatic rings. The first kappa shape index (κ1) is 36.5. The number of hydrogen-bond acceptors (Lipinski definition) is 1. The van der Waals surface area contributed by atoms with E-state index in [4.69, 9.17) is 4.42 Å². The monoisotopic (exact) mass is 832 g/mol. The minimum Gasteiger partial charge on any atom is -0.456 e. The van der Waals surface area contributed by atoms with E-state index in [1.54, 1.807) is 0 Å². The van der Waals surface area contributed by atoms with Crippen LogP contribution in [0.25, 0.3) is 88.1 Å². The smallest absolute Gasteiger partial charge is 0.179 e. The average molecular weight is 833 g/mol. The Hall–Kier alpha value is -8.18. The molecule has 0 aliphatic carbocycles. The van der Waals surface area contributed by atoms with Gasteiger partial charge in [-0.1, -0.05) is 200 Å². The van der Waals surface area contributed by atoms with E-state index in [2.05, 4.69) is 246 Å². The van der Waals surface area contributed by atoms with Crippen LogP contribution in [0, 0.1) is 0 Å². The standard InChI is InChI=1S/C60H40N2OSi/c1-4-19-42(20-5-1)64(43-21-6-2-7-22-43,44-23-8-3-9-24-44)45-39-37-41(38-40-45)61-53-32-13-10-26-47(53)50-31-17-34-55(60(50)61)62-54-33-14-11-25-46(54)49-29-16-30-51(59(49)62)48-28-18-36-57-58(48)52-27-12-15-35-56(52)63-57/h1-40H. The van der Waals surface area contributed by atoms with E-state index in [-0.39, 0.29) is 0 Å².